The summed E-state index contributed by atoms with van der Waals surface area (Å²) in [6.07, 6.45) is 0. The lowest BCUT2D eigenvalue weighted by Gasteiger charge is -2.10. The Labute approximate surface area is 125 Å². The average Bonchev–Trinajstić information content (AvgIpc) is 3.04. The third kappa shape index (κ3) is 2.28. The van der Waals surface area contributed by atoms with Crippen LogP contribution in [0.4, 0.5) is 4.39 Å². The maximum Gasteiger partial charge on any atom is 0.247 e. The van der Waals surface area contributed by atoms with Crippen molar-refractivity contribution in [3.8, 4) is 11.4 Å². The highest BCUT2D eigenvalue weighted by Crippen LogP contribution is 2.27. The molecular formula is C15H14FN3O3. The first kappa shape index (κ1) is 14.4. The first-order valence-electron chi connectivity index (χ1n) is 6.91. The van der Waals surface area contributed by atoms with Crippen LogP contribution in [0.1, 0.15) is 19.7 Å². The van der Waals surface area contributed by atoms with Crippen LogP contribution in [0.2, 0.25) is 0 Å². The van der Waals surface area contributed by atoms with Gasteiger partial charge in [0.05, 0.1) is 5.56 Å². The second-order valence-corrected chi connectivity index (χ2v) is 5.33. The minimum Gasteiger partial charge on any atom is -0.337 e. The molecule has 1 fully saturated rings. The largest absolute Gasteiger partial charge is 0.337 e. The number of hydrogen-bond acceptors (Lipinski definition) is 5. The number of imide groups is 1. The van der Waals surface area contributed by atoms with Gasteiger partial charge in [-0.3, -0.25) is 14.5 Å². The predicted octanol–water partition coefficient (Wildman–Crippen LogP) is 2.02. The quantitative estimate of drug-likeness (QED) is 0.811. The molecule has 0 bridgehead atoms. The summed E-state index contributed by atoms with van der Waals surface area (Å²) in [4.78, 5) is 29.2. The van der Waals surface area contributed by atoms with E-state index in [1.807, 2.05) is 0 Å². The van der Waals surface area contributed by atoms with E-state index >= 15 is 0 Å². The third-order valence-electron chi connectivity index (χ3n) is 3.94. The predicted molar refractivity (Wildman–Crippen MR) is 73.6 cm³/mol. The highest BCUT2D eigenvalue weighted by Gasteiger charge is 2.42. The number of rotatable bonds is 3. The molecule has 3 rings (SSSR count). The minimum absolute atomic E-state index is 0.0895. The van der Waals surface area contributed by atoms with Gasteiger partial charge in [0.15, 0.2) is 0 Å². The van der Waals surface area contributed by atoms with Gasteiger partial charge in [-0.05, 0) is 12.1 Å². The highest BCUT2D eigenvalue weighted by molar-refractivity contribution is 6.04. The van der Waals surface area contributed by atoms with Gasteiger partial charge in [-0.2, -0.15) is 4.98 Å². The van der Waals surface area contributed by atoms with E-state index in [1.54, 1.807) is 26.0 Å². The molecule has 1 saturated heterocycles. The summed E-state index contributed by atoms with van der Waals surface area (Å²) < 4.78 is 18.7. The molecule has 1 aromatic carbocycles. The lowest BCUT2D eigenvalue weighted by Crippen LogP contribution is -2.30. The van der Waals surface area contributed by atoms with Crippen molar-refractivity contribution in [3.05, 3.63) is 36.0 Å². The summed E-state index contributed by atoms with van der Waals surface area (Å²) in [5.74, 6) is -1.52. The van der Waals surface area contributed by atoms with Crippen LogP contribution in [0.3, 0.4) is 0 Å². The van der Waals surface area contributed by atoms with E-state index in [0.717, 1.165) is 4.90 Å². The maximum absolute atomic E-state index is 13.7. The number of carbonyl (C=O) groups is 2. The Bertz CT molecular complexity index is 723. The van der Waals surface area contributed by atoms with Crippen molar-refractivity contribution < 1.29 is 18.5 Å². The van der Waals surface area contributed by atoms with Crippen LogP contribution in [0.25, 0.3) is 11.4 Å². The van der Waals surface area contributed by atoms with Crippen molar-refractivity contribution in [1.29, 1.82) is 0 Å². The number of halogens is 1. The van der Waals surface area contributed by atoms with E-state index in [0.29, 0.717) is 0 Å². The smallest absolute Gasteiger partial charge is 0.247 e. The van der Waals surface area contributed by atoms with Gasteiger partial charge in [0.25, 0.3) is 0 Å². The molecule has 22 heavy (non-hydrogen) atoms. The van der Waals surface area contributed by atoms with Gasteiger partial charge in [-0.1, -0.05) is 31.1 Å². The fourth-order valence-electron chi connectivity index (χ4n) is 2.39. The maximum atomic E-state index is 13.7. The summed E-state index contributed by atoms with van der Waals surface area (Å²) >= 11 is 0. The number of hydrogen-bond donors (Lipinski definition) is 0. The zero-order valence-corrected chi connectivity index (χ0v) is 12.1. The number of carbonyl (C=O) groups excluding carboxylic acids is 2. The molecule has 0 spiro atoms. The van der Waals surface area contributed by atoms with Crippen molar-refractivity contribution in [2.24, 2.45) is 11.8 Å². The van der Waals surface area contributed by atoms with Gasteiger partial charge in [-0.25, -0.2) is 4.39 Å². The zero-order chi connectivity index (χ0) is 15.9. The molecule has 0 saturated carbocycles. The van der Waals surface area contributed by atoms with E-state index < -0.39 is 5.82 Å². The van der Waals surface area contributed by atoms with E-state index in [1.165, 1.54) is 12.1 Å². The van der Waals surface area contributed by atoms with Crippen LogP contribution in [0, 0.1) is 17.7 Å². The molecule has 1 aliphatic heterocycles. The SMILES string of the molecule is CC1C(=O)N(Cc2nc(-c3ccccc3F)no2)C(=O)C1C. The Morgan fingerprint density at radius 1 is 1.18 bits per heavy atom. The monoisotopic (exact) mass is 303 g/mol. The minimum atomic E-state index is -0.467. The second kappa shape index (κ2) is 5.32. The van der Waals surface area contributed by atoms with Crippen molar-refractivity contribution in [2.45, 2.75) is 20.4 Å². The molecule has 1 aliphatic rings. The van der Waals surface area contributed by atoms with E-state index in [-0.39, 0.29) is 47.5 Å². The molecule has 1 aromatic heterocycles. The third-order valence-corrected chi connectivity index (χ3v) is 3.94. The van der Waals surface area contributed by atoms with Crippen LogP contribution in [-0.2, 0) is 16.1 Å². The average molecular weight is 303 g/mol. The number of aromatic nitrogens is 2. The fraction of sp³-hybridized carbons (Fsp3) is 0.333. The fourth-order valence-corrected chi connectivity index (χ4v) is 2.39. The van der Waals surface area contributed by atoms with Crippen LogP contribution in [0.5, 0.6) is 0 Å². The van der Waals surface area contributed by atoms with Crippen molar-refractivity contribution in [1.82, 2.24) is 15.0 Å². The first-order chi connectivity index (χ1) is 10.5. The molecule has 7 heteroatoms. The Hall–Kier alpha value is -2.57. The standard InChI is InChI=1S/C15H14FN3O3/c1-8-9(2)15(21)19(14(8)20)7-12-17-13(18-22-12)10-5-3-4-6-11(10)16/h3-6,8-9H,7H2,1-2H3. The number of amides is 2. The van der Waals surface area contributed by atoms with Gasteiger partial charge in [0, 0.05) is 11.8 Å². The van der Waals surface area contributed by atoms with Gasteiger partial charge in [0.2, 0.25) is 23.5 Å². The van der Waals surface area contributed by atoms with Crippen LogP contribution >= 0.6 is 0 Å². The summed E-state index contributed by atoms with van der Waals surface area (Å²) in [5, 5.41) is 3.70. The molecule has 0 N–H and O–H groups in total. The molecule has 2 aromatic rings. The molecule has 6 nitrogen and oxygen atoms in total. The van der Waals surface area contributed by atoms with Gasteiger partial charge < -0.3 is 4.52 Å². The molecule has 0 aliphatic carbocycles. The second-order valence-electron chi connectivity index (χ2n) is 5.33. The van der Waals surface area contributed by atoms with Gasteiger partial charge >= 0.3 is 0 Å². The molecule has 0 radical (unpaired) electrons. The van der Waals surface area contributed by atoms with E-state index in [9.17, 15) is 14.0 Å². The van der Waals surface area contributed by atoms with Crippen LogP contribution < -0.4 is 0 Å². The molecule has 2 amide bonds. The van der Waals surface area contributed by atoms with Crippen LogP contribution in [-0.4, -0.2) is 26.9 Å². The van der Waals surface area contributed by atoms with Crippen molar-refractivity contribution in [3.63, 3.8) is 0 Å². The number of likely N-dealkylation sites (tertiary alicyclic amines) is 1. The molecular weight excluding hydrogens is 289 g/mol. The topological polar surface area (TPSA) is 76.3 Å². The Morgan fingerprint density at radius 3 is 2.45 bits per heavy atom. The first-order valence-corrected chi connectivity index (χ1v) is 6.91. The number of nitrogens with zero attached hydrogens (tertiary/aromatic N) is 3. The molecule has 2 unspecified atom stereocenters. The summed E-state index contributed by atoms with van der Waals surface area (Å²) in [7, 11) is 0. The Kier molecular flexibility index (Phi) is 3.48. The van der Waals surface area contributed by atoms with Crippen molar-refractivity contribution in [2.75, 3.05) is 0 Å². The lowest BCUT2D eigenvalue weighted by atomic mass is 10.00. The Morgan fingerprint density at radius 2 is 1.82 bits per heavy atom. The van der Waals surface area contributed by atoms with Gasteiger partial charge in [-0.15, -0.1) is 0 Å². The van der Waals surface area contributed by atoms with Crippen LogP contribution in [0.15, 0.2) is 28.8 Å². The van der Waals surface area contributed by atoms with E-state index in [4.69, 9.17) is 4.52 Å². The lowest BCUT2D eigenvalue weighted by molar-refractivity contribution is -0.140. The highest BCUT2D eigenvalue weighted by atomic mass is 19.1. The van der Waals surface area contributed by atoms with Gasteiger partial charge in [0.1, 0.15) is 12.4 Å². The van der Waals surface area contributed by atoms with Crippen molar-refractivity contribution >= 4 is 11.8 Å². The summed E-state index contributed by atoms with van der Waals surface area (Å²) in [6, 6.07) is 6.04. The molecule has 2 heterocycles. The number of benzene rings is 1. The summed E-state index contributed by atoms with van der Waals surface area (Å²) in [6.45, 7) is 3.33. The Balaban J connectivity index is 1.82. The zero-order valence-electron chi connectivity index (χ0n) is 12.1. The normalized spacial score (nSPS) is 21.7. The summed E-state index contributed by atoms with van der Waals surface area (Å²) in [5.41, 5.74) is 0.207. The van der Waals surface area contributed by atoms with E-state index in [2.05, 4.69) is 10.1 Å². The molecule has 2 atom stereocenters. The molecule has 114 valence electrons.